The molecule has 1 rings (SSSR count). The van der Waals surface area contributed by atoms with E-state index >= 15 is 0 Å². The summed E-state index contributed by atoms with van der Waals surface area (Å²) in [5.74, 6) is 0. The summed E-state index contributed by atoms with van der Waals surface area (Å²) in [7, 11) is -5.59. The molecule has 1 atom stereocenters. The predicted octanol–water partition coefficient (Wildman–Crippen LogP) is 0.775. The van der Waals surface area contributed by atoms with Gasteiger partial charge in [0.2, 0.25) is 0 Å². The van der Waals surface area contributed by atoms with Gasteiger partial charge in [-0.05, 0) is 6.42 Å². The number of aryl methyl sites for hydroxylation is 1. The molecule has 0 radical (unpaired) electrons. The number of hydrogen-bond donors (Lipinski definition) is 3. The highest BCUT2D eigenvalue weighted by Crippen LogP contribution is 2.41. The molecule has 15 heavy (non-hydrogen) atoms. The molecule has 0 saturated heterocycles. The standard InChI is InChI=1S/C7H14N2O4P2/c1-2-7-5-8-6-9(7)14(10)3-4-15(11,12)13/h5-6,10H,2-4H2,1H3,(H2,11,12,13). The third-order valence-corrected chi connectivity index (χ3v) is 4.54. The molecule has 0 aliphatic rings. The van der Waals surface area contributed by atoms with E-state index in [0.29, 0.717) is 0 Å². The third kappa shape index (κ3) is 4.01. The van der Waals surface area contributed by atoms with Crippen LogP contribution in [0.4, 0.5) is 0 Å². The van der Waals surface area contributed by atoms with Crippen molar-refractivity contribution in [3.8, 4) is 0 Å². The Morgan fingerprint density at radius 2 is 2.27 bits per heavy atom. The Balaban J connectivity index is 2.61. The Morgan fingerprint density at radius 3 is 2.80 bits per heavy atom. The summed E-state index contributed by atoms with van der Waals surface area (Å²) in [4.78, 5) is 31.0. The summed E-state index contributed by atoms with van der Waals surface area (Å²) in [6.45, 7) is 1.93. The first kappa shape index (κ1) is 12.8. The number of imidazole rings is 1. The lowest BCUT2D eigenvalue weighted by Gasteiger charge is -2.14. The van der Waals surface area contributed by atoms with Gasteiger partial charge in [-0.15, -0.1) is 0 Å². The van der Waals surface area contributed by atoms with E-state index in [2.05, 4.69) is 4.98 Å². The van der Waals surface area contributed by atoms with E-state index in [1.54, 1.807) is 10.5 Å². The summed E-state index contributed by atoms with van der Waals surface area (Å²) < 4.78 is 12.2. The Hall–Kier alpha value is -0.250. The van der Waals surface area contributed by atoms with Gasteiger partial charge in [0.05, 0.1) is 12.5 Å². The fourth-order valence-electron chi connectivity index (χ4n) is 1.10. The van der Waals surface area contributed by atoms with Gasteiger partial charge in [-0.3, -0.25) is 8.90 Å². The SMILES string of the molecule is CCc1cncn1P(O)CCP(=O)(O)O. The van der Waals surface area contributed by atoms with Crippen LogP contribution in [-0.4, -0.2) is 36.3 Å². The Labute approximate surface area is 89.0 Å². The molecule has 0 bridgehead atoms. The second-order valence-corrected chi connectivity index (χ2v) is 6.47. The summed E-state index contributed by atoms with van der Waals surface area (Å²) in [5, 5.41) is 0. The minimum Gasteiger partial charge on any atom is -0.354 e. The second kappa shape index (κ2) is 5.19. The molecule has 0 fully saturated rings. The van der Waals surface area contributed by atoms with Crippen molar-refractivity contribution in [3.05, 3.63) is 18.2 Å². The van der Waals surface area contributed by atoms with E-state index in [1.807, 2.05) is 6.92 Å². The van der Waals surface area contributed by atoms with Gasteiger partial charge in [0.15, 0.2) is 0 Å². The molecular formula is C7H14N2O4P2. The maximum Gasteiger partial charge on any atom is 0.326 e. The van der Waals surface area contributed by atoms with Crippen LogP contribution < -0.4 is 0 Å². The molecule has 0 aliphatic heterocycles. The Bertz CT molecular complexity index is 362. The van der Waals surface area contributed by atoms with E-state index in [-0.39, 0.29) is 12.3 Å². The molecule has 6 nitrogen and oxygen atoms in total. The monoisotopic (exact) mass is 252 g/mol. The van der Waals surface area contributed by atoms with Crippen LogP contribution in [-0.2, 0) is 11.0 Å². The van der Waals surface area contributed by atoms with E-state index in [0.717, 1.165) is 12.1 Å². The van der Waals surface area contributed by atoms with Gasteiger partial charge in [0.25, 0.3) is 0 Å². The second-order valence-electron chi connectivity index (χ2n) is 3.07. The topological polar surface area (TPSA) is 95.6 Å². The summed E-state index contributed by atoms with van der Waals surface area (Å²) in [5.41, 5.74) is 0.870. The molecule has 0 aliphatic carbocycles. The fourth-order valence-corrected chi connectivity index (χ4v) is 3.75. The highest BCUT2D eigenvalue weighted by atomic mass is 31.2. The van der Waals surface area contributed by atoms with Crippen LogP contribution in [0.15, 0.2) is 12.5 Å². The lowest BCUT2D eigenvalue weighted by molar-refractivity contribution is 0.374. The minimum atomic E-state index is -4.02. The normalized spacial score (nSPS) is 14.1. The van der Waals surface area contributed by atoms with E-state index in [4.69, 9.17) is 9.79 Å². The van der Waals surface area contributed by atoms with Crippen LogP contribution in [0.2, 0.25) is 0 Å². The van der Waals surface area contributed by atoms with Crippen LogP contribution in [0.3, 0.4) is 0 Å². The molecular weight excluding hydrogens is 238 g/mol. The van der Waals surface area contributed by atoms with E-state index < -0.39 is 15.9 Å². The number of hydrogen-bond acceptors (Lipinski definition) is 3. The lowest BCUT2D eigenvalue weighted by Crippen LogP contribution is -2.02. The van der Waals surface area contributed by atoms with Crippen molar-refractivity contribution in [2.75, 3.05) is 12.3 Å². The highest BCUT2D eigenvalue weighted by molar-refractivity contribution is 7.55. The van der Waals surface area contributed by atoms with Crippen LogP contribution >= 0.6 is 15.9 Å². The molecule has 8 heteroatoms. The van der Waals surface area contributed by atoms with Gasteiger partial charge in [0.1, 0.15) is 8.30 Å². The minimum absolute atomic E-state index is 0.0863. The highest BCUT2D eigenvalue weighted by Gasteiger charge is 2.18. The molecule has 1 unspecified atom stereocenters. The molecule has 0 amide bonds. The summed E-state index contributed by atoms with van der Waals surface area (Å²) >= 11 is 0. The molecule has 3 N–H and O–H groups in total. The first-order chi connectivity index (χ1) is 6.94. The van der Waals surface area contributed by atoms with Crippen molar-refractivity contribution in [1.82, 2.24) is 9.32 Å². The number of rotatable bonds is 5. The van der Waals surface area contributed by atoms with Crippen molar-refractivity contribution in [2.24, 2.45) is 0 Å². The third-order valence-electron chi connectivity index (χ3n) is 1.90. The van der Waals surface area contributed by atoms with Crippen molar-refractivity contribution < 1.29 is 19.2 Å². The smallest absolute Gasteiger partial charge is 0.326 e. The van der Waals surface area contributed by atoms with Crippen LogP contribution in [0.25, 0.3) is 0 Å². The average Bonchev–Trinajstić information content (AvgIpc) is 2.60. The molecule has 0 saturated carbocycles. The maximum absolute atomic E-state index is 10.6. The molecule has 0 spiro atoms. The quantitative estimate of drug-likeness (QED) is 0.673. The fraction of sp³-hybridized carbons (Fsp3) is 0.571. The Morgan fingerprint density at radius 1 is 1.60 bits per heavy atom. The molecule has 0 aromatic carbocycles. The lowest BCUT2D eigenvalue weighted by atomic mass is 10.4. The summed E-state index contributed by atoms with van der Waals surface area (Å²) in [6.07, 6.45) is 3.65. The van der Waals surface area contributed by atoms with E-state index in [1.165, 1.54) is 6.33 Å². The van der Waals surface area contributed by atoms with Gasteiger partial charge >= 0.3 is 7.60 Å². The zero-order valence-electron chi connectivity index (χ0n) is 8.31. The number of aromatic nitrogens is 2. The maximum atomic E-state index is 10.6. The van der Waals surface area contributed by atoms with Crippen LogP contribution in [0.5, 0.6) is 0 Å². The van der Waals surface area contributed by atoms with Gasteiger partial charge in [-0.2, -0.15) is 0 Å². The average molecular weight is 252 g/mol. The van der Waals surface area contributed by atoms with Crippen molar-refractivity contribution in [3.63, 3.8) is 0 Å². The van der Waals surface area contributed by atoms with Crippen molar-refractivity contribution in [1.29, 1.82) is 0 Å². The molecule has 1 heterocycles. The van der Waals surface area contributed by atoms with Gasteiger partial charge in [-0.25, -0.2) is 4.98 Å². The first-order valence-electron chi connectivity index (χ1n) is 4.46. The van der Waals surface area contributed by atoms with E-state index in [9.17, 15) is 9.46 Å². The summed E-state index contributed by atoms with van der Waals surface area (Å²) in [6, 6.07) is 0. The largest absolute Gasteiger partial charge is 0.354 e. The molecule has 1 aromatic rings. The van der Waals surface area contributed by atoms with Gasteiger partial charge < -0.3 is 14.7 Å². The van der Waals surface area contributed by atoms with Crippen molar-refractivity contribution >= 4 is 15.9 Å². The number of nitrogens with zero attached hydrogens (tertiary/aromatic N) is 2. The Kier molecular flexibility index (Phi) is 4.44. The first-order valence-corrected chi connectivity index (χ1v) is 7.69. The van der Waals surface area contributed by atoms with Crippen LogP contribution in [0, 0.1) is 0 Å². The zero-order valence-corrected chi connectivity index (χ0v) is 10.1. The van der Waals surface area contributed by atoms with Gasteiger partial charge in [0, 0.05) is 18.1 Å². The zero-order chi connectivity index (χ0) is 11.5. The van der Waals surface area contributed by atoms with Crippen molar-refractivity contribution in [2.45, 2.75) is 13.3 Å². The molecule has 86 valence electrons. The van der Waals surface area contributed by atoms with Gasteiger partial charge in [-0.1, -0.05) is 6.92 Å². The predicted molar refractivity (Wildman–Crippen MR) is 57.9 cm³/mol. The molecule has 1 aromatic heterocycles. The van der Waals surface area contributed by atoms with Crippen LogP contribution in [0.1, 0.15) is 12.6 Å².